The largest absolute Gasteiger partial charge is 0.495 e. The van der Waals surface area contributed by atoms with E-state index >= 15 is 0 Å². The quantitative estimate of drug-likeness (QED) is 0.817. The number of carbonyl (C=O) groups excluding carboxylic acids is 1. The number of benzene rings is 1. The molecule has 5 nitrogen and oxygen atoms in total. The van der Waals surface area contributed by atoms with Crippen molar-refractivity contribution in [3.8, 4) is 5.75 Å². The number of amides is 1. The summed E-state index contributed by atoms with van der Waals surface area (Å²) >= 11 is 1.68. The lowest BCUT2D eigenvalue weighted by molar-refractivity contribution is 0.0640. The highest BCUT2D eigenvalue weighted by Gasteiger charge is 2.30. The van der Waals surface area contributed by atoms with Crippen LogP contribution in [0, 0.1) is 0 Å². The predicted molar refractivity (Wildman–Crippen MR) is 102 cm³/mol. The molecule has 1 fully saturated rings. The molecule has 134 valence electrons. The summed E-state index contributed by atoms with van der Waals surface area (Å²) in [6.07, 6.45) is 2.02. The number of ether oxygens (including phenoxy) is 1. The van der Waals surface area contributed by atoms with Crippen molar-refractivity contribution < 1.29 is 13.9 Å². The number of rotatable bonds is 5. The van der Waals surface area contributed by atoms with Crippen molar-refractivity contribution in [2.24, 2.45) is 0 Å². The van der Waals surface area contributed by atoms with Crippen LogP contribution >= 0.6 is 11.8 Å². The van der Waals surface area contributed by atoms with E-state index < -0.39 is 0 Å². The number of methoxy groups -OCH3 is 1. The van der Waals surface area contributed by atoms with Crippen LogP contribution in [0.4, 0.5) is 5.69 Å². The zero-order valence-electron chi connectivity index (χ0n) is 14.9. The van der Waals surface area contributed by atoms with E-state index in [4.69, 9.17) is 9.15 Å². The van der Waals surface area contributed by atoms with Crippen molar-refractivity contribution >= 4 is 23.4 Å². The maximum absolute atomic E-state index is 12.8. The van der Waals surface area contributed by atoms with Gasteiger partial charge in [-0.1, -0.05) is 12.1 Å². The first-order valence-corrected chi connectivity index (χ1v) is 9.80. The van der Waals surface area contributed by atoms with Gasteiger partial charge in [0, 0.05) is 25.7 Å². The molecule has 2 heterocycles. The van der Waals surface area contributed by atoms with Crippen LogP contribution in [0.15, 0.2) is 40.8 Å². The molecule has 1 amide bonds. The number of hydrogen-bond donors (Lipinski definition) is 0. The molecule has 0 N–H and O–H groups in total. The van der Waals surface area contributed by atoms with Crippen LogP contribution in [0.2, 0.25) is 0 Å². The Balaban J connectivity index is 1.69. The first-order valence-electron chi connectivity index (χ1n) is 8.40. The van der Waals surface area contributed by atoms with Crippen molar-refractivity contribution in [1.29, 1.82) is 0 Å². The van der Waals surface area contributed by atoms with Gasteiger partial charge in [0.15, 0.2) is 5.76 Å². The topological polar surface area (TPSA) is 45.9 Å². The molecule has 3 rings (SSSR count). The number of para-hydroxylation sites is 2. The smallest absolute Gasteiger partial charge is 0.289 e. The molecule has 2 aromatic rings. The number of carbonyl (C=O) groups is 1. The first-order chi connectivity index (χ1) is 12.1. The van der Waals surface area contributed by atoms with Crippen LogP contribution in [-0.2, 0) is 5.75 Å². The Hall–Kier alpha value is -2.08. The average molecular weight is 360 g/mol. The third kappa shape index (κ3) is 3.79. The molecule has 1 aromatic heterocycles. The minimum atomic E-state index is -0.0282. The van der Waals surface area contributed by atoms with Gasteiger partial charge in [-0.2, -0.15) is 11.8 Å². The van der Waals surface area contributed by atoms with Gasteiger partial charge in [-0.25, -0.2) is 0 Å². The van der Waals surface area contributed by atoms with Crippen LogP contribution in [0.3, 0.4) is 0 Å². The minimum Gasteiger partial charge on any atom is -0.495 e. The highest BCUT2D eigenvalue weighted by atomic mass is 32.2. The van der Waals surface area contributed by atoms with E-state index in [0.29, 0.717) is 12.3 Å². The summed E-state index contributed by atoms with van der Waals surface area (Å²) < 4.78 is 11.2. The minimum absolute atomic E-state index is 0.0282. The van der Waals surface area contributed by atoms with Crippen molar-refractivity contribution in [2.45, 2.75) is 18.7 Å². The van der Waals surface area contributed by atoms with Crippen LogP contribution in [0.5, 0.6) is 5.75 Å². The van der Waals surface area contributed by atoms with E-state index in [2.05, 4.69) is 17.9 Å². The van der Waals surface area contributed by atoms with Crippen molar-refractivity contribution in [3.05, 3.63) is 47.9 Å². The maximum atomic E-state index is 12.8. The second-order valence-electron chi connectivity index (χ2n) is 6.16. The fourth-order valence-corrected chi connectivity index (χ4v) is 3.66. The lowest BCUT2D eigenvalue weighted by atomic mass is 10.1. The molecule has 0 unspecified atom stereocenters. The summed E-state index contributed by atoms with van der Waals surface area (Å²) in [5.74, 6) is 2.89. The maximum Gasteiger partial charge on any atom is 0.289 e. The zero-order valence-corrected chi connectivity index (χ0v) is 15.7. The van der Waals surface area contributed by atoms with Gasteiger partial charge in [0.1, 0.15) is 11.5 Å². The number of thioether (sulfide) groups is 1. The van der Waals surface area contributed by atoms with E-state index in [9.17, 15) is 4.79 Å². The number of nitrogens with zero attached hydrogens (tertiary/aromatic N) is 2. The third-order valence-electron chi connectivity index (χ3n) is 4.47. The molecule has 25 heavy (non-hydrogen) atoms. The Kier molecular flexibility index (Phi) is 5.58. The molecular formula is C19H24N2O3S. The highest BCUT2D eigenvalue weighted by molar-refractivity contribution is 7.97. The summed E-state index contributed by atoms with van der Waals surface area (Å²) in [7, 11) is 1.69. The van der Waals surface area contributed by atoms with Gasteiger partial charge in [0.05, 0.1) is 18.6 Å². The first kappa shape index (κ1) is 17.7. The lowest BCUT2D eigenvalue weighted by Gasteiger charge is -2.41. The van der Waals surface area contributed by atoms with Crippen molar-refractivity contribution in [3.63, 3.8) is 0 Å². The Bertz CT molecular complexity index is 731. The predicted octanol–water partition coefficient (Wildman–Crippen LogP) is 3.50. The Morgan fingerprint density at radius 2 is 2.08 bits per heavy atom. The fraction of sp³-hybridized carbons (Fsp3) is 0.421. The molecule has 1 saturated heterocycles. The van der Waals surface area contributed by atoms with E-state index in [1.807, 2.05) is 35.4 Å². The van der Waals surface area contributed by atoms with Gasteiger partial charge in [-0.3, -0.25) is 4.79 Å². The van der Waals surface area contributed by atoms with Gasteiger partial charge in [0.25, 0.3) is 5.91 Å². The molecule has 0 aliphatic carbocycles. The molecule has 0 radical (unpaired) electrons. The van der Waals surface area contributed by atoms with Gasteiger partial charge in [-0.15, -0.1) is 0 Å². The van der Waals surface area contributed by atoms with Gasteiger partial charge in [-0.05, 0) is 37.4 Å². The molecular weight excluding hydrogens is 336 g/mol. The second kappa shape index (κ2) is 7.87. The SMILES string of the molecule is COc1ccccc1N1CCN(C(=O)c2ccc(CSC)o2)[C@@H](C)C1. The molecule has 1 aromatic carbocycles. The molecule has 6 heteroatoms. The third-order valence-corrected chi connectivity index (χ3v) is 5.05. The Morgan fingerprint density at radius 1 is 1.28 bits per heavy atom. The van der Waals surface area contributed by atoms with Crippen LogP contribution in [-0.4, -0.2) is 49.8 Å². The lowest BCUT2D eigenvalue weighted by Crippen LogP contribution is -2.54. The molecule has 1 atom stereocenters. The molecule has 1 aliphatic heterocycles. The number of furan rings is 1. The van der Waals surface area contributed by atoms with E-state index in [1.165, 1.54) is 0 Å². The van der Waals surface area contributed by atoms with Gasteiger partial charge in [0.2, 0.25) is 0 Å². The van der Waals surface area contributed by atoms with Gasteiger partial charge >= 0.3 is 0 Å². The van der Waals surface area contributed by atoms with Gasteiger partial charge < -0.3 is 19.0 Å². The summed E-state index contributed by atoms with van der Waals surface area (Å²) in [5.41, 5.74) is 1.07. The molecule has 1 aliphatic rings. The van der Waals surface area contributed by atoms with Crippen molar-refractivity contribution in [1.82, 2.24) is 4.90 Å². The monoisotopic (exact) mass is 360 g/mol. The highest BCUT2D eigenvalue weighted by Crippen LogP contribution is 2.30. The number of piperazine rings is 1. The average Bonchev–Trinajstić information content (AvgIpc) is 3.10. The van der Waals surface area contributed by atoms with E-state index in [-0.39, 0.29) is 11.9 Å². The molecule has 0 spiro atoms. The summed E-state index contributed by atoms with van der Waals surface area (Å²) in [4.78, 5) is 16.9. The molecule has 0 saturated carbocycles. The summed E-state index contributed by atoms with van der Waals surface area (Å²) in [5, 5.41) is 0. The van der Waals surface area contributed by atoms with Crippen LogP contribution in [0.25, 0.3) is 0 Å². The normalized spacial score (nSPS) is 17.6. The number of anilines is 1. The summed E-state index contributed by atoms with van der Waals surface area (Å²) in [6.45, 7) is 4.28. The zero-order chi connectivity index (χ0) is 17.8. The second-order valence-corrected chi connectivity index (χ2v) is 7.03. The molecule has 0 bridgehead atoms. The standard InChI is InChI=1S/C19H24N2O3S/c1-14-12-20(16-6-4-5-7-17(16)23-2)10-11-21(14)19(22)18-9-8-15(24-18)13-25-3/h4-9,14H,10-13H2,1-3H3/t14-/m0/s1. The van der Waals surface area contributed by atoms with Crippen LogP contribution in [0.1, 0.15) is 23.2 Å². The Labute approximate surface area is 152 Å². The summed E-state index contributed by atoms with van der Waals surface area (Å²) in [6, 6.07) is 11.8. The van der Waals surface area contributed by atoms with E-state index in [1.54, 1.807) is 24.9 Å². The van der Waals surface area contributed by atoms with Crippen molar-refractivity contribution in [2.75, 3.05) is 37.9 Å². The number of hydrogen-bond acceptors (Lipinski definition) is 5. The Morgan fingerprint density at radius 3 is 2.80 bits per heavy atom. The van der Waals surface area contributed by atoms with Crippen LogP contribution < -0.4 is 9.64 Å². The fourth-order valence-electron chi connectivity index (χ4n) is 3.22. The van der Waals surface area contributed by atoms with E-state index in [0.717, 1.165) is 36.0 Å².